The van der Waals surface area contributed by atoms with E-state index >= 15 is 0 Å². The lowest BCUT2D eigenvalue weighted by atomic mass is 10.0. The van der Waals surface area contributed by atoms with Crippen LogP contribution in [0.5, 0.6) is 0 Å². The first-order valence-electron chi connectivity index (χ1n) is 7.55. The number of rotatable bonds is 7. The van der Waals surface area contributed by atoms with Gasteiger partial charge in [-0.15, -0.1) is 16.4 Å². The van der Waals surface area contributed by atoms with Crippen LogP contribution in [0.1, 0.15) is 57.4 Å². The number of hydrogen-bond donors (Lipinski definition) is 1. The van der Waals surface area contributed by atoms with E-state index in [1.165, 1.54) is 4.88 Å². The van der Waals surface area contributed by atoms with Gasteiger partial charge in [0.2, 0.25) is 0 Å². The fourth-order valence-corrected chi connectivity index (χ4v) is 3.36. The van der Waals surface area contributed by atoms with Gasteiger partial charge in [0.25, 0.3) is 0 Å². The number of aromatic nitrogens is 4. The van der Waals surface area contributed by atoms with Gasteiger partial charge in [0.05, 0.1) is 12.1 Å². The van der Waals surface area contributed by atoms with Gasteiger partial charge < -0.3 is 5.32 Å². The summed E-state index contributed by atoms with van der Waals surface area (Å²) in [7, 11) is 0. The number of tetrazole rings is 1. The Balaban J connectivity index is 2.25. The number of nitrogens with zero attached hydrogens (tertiary/aromatic N) is 4. The molecule has 6 heteroatoms. The molecule has 0 aliphatic carbocycles. The van der Waals surface area contributed by atoms with E-state index in [0.29, 0.717) is 11.8 Å². The van der Waals surface area contributed by atoms with E-state index in [1.807, 2.05) is 4.68 Å². The molecule has 2 aromatic heterocycles. The lowest BCUT2D eigenvalue weighted by molar-refractivity contribution is 0.369. The molecule has 0 amide bonds. The van der Waals surface area contributed by atoms with Crippen molar-refractivity contribution in [2.45, 2.75) is 46.7 Å². The molecule has 116 valence electrons. The number of hydrogen-bond acceptors (Lipinski definition) is 5. The van der Waals surface area contributed by atoms with E-state index in [4.69, 9.17) is 0 Å². The highest BCUT2D eigenvalue weighted by molar-refractivity contribution is 7.10. The number of nitrogens with one attached hydrogen (secondary N) is 1. The molecule has 0 saturated carbocycles. The minimum Gasteiger partial charge on any atom is -0.307 e. The second-order valence-corrected chi connectivity index (χ2v) is 7.19. The molecule has 21 heavy (non-hydrogen) atoms. The molecule has 1 N–H and O–H groups in total. The van der Waals surface area contributed by atoms with Gasteiger partial charge >= 0.3 is 0 Å². The third kappa shape index (κ3) is 3.89. The normalized spacial score (nSPS) is 14.8. The Morgan fingerprint density at radius 3 is 2.57 bits per heavy atom. The Kier molecular flexibility index (Phi) is 5.47. The van der Waals surface area contributed by atoms with Crippen LogP contribution in [0.4, 0.5) is 0 Å². The van der Waals surface area contributed by atoms with Crippen LogP contribution in [0.15, 0.2) is 17.5 Å². The molecule has 0 bridgehead atoms. The molecule has 0 fully saturated rings. The molecule has 0 saturated heterocycles. The van der Waals surface area contributed by atoms with Crippen LogP contribution in [0.25, 0.3) is 0 Å². The largest absolute Gasteiger partial charge is 0.307 e. The Morgan fingerprint density at radius 2 is 2.00 bits per heavy atom. The van der Waals surface area contributed by atoms with Gasteiger partial charge in [0.1, 0.15) is 0 Å². The predicted molar refractivity (Wildman–Crippen MR) is 86.4 cm³/mol. The topological polar surface area (TPSA) is 55.6 Å². The van der Waals surface area contributed by atoms with E-state index in [9.17, 15) is 0 Å². The van der Waals surface area contributed by atoms with Crippen LogP contribution in [-0.4, -0.2) is 26.8 Å². The van der Waals surface area contributed by atoms with Crippen molar-refractivity contribution in [2.75, 3.05) is 6.54 Å². The van der Waals surface area contributed by atoms with Crippen molar-refractivity contribution in [3.05, 3.63) is 28.2 Å². The van der Waals surface area contributed by atoms with Crippen LogP contribution in [0, 0.1) is 11.8 Å². The molecule has 0 aromatic carbocycles. The molecule has 0 spiro atoms. The molecule has 0 aliphatic rings. The summed E-state index contributed by atoms with van der Waals surface area (Å²) in [5.41, 5.74) is 0. The highest BCUT2D eigenvalue weighted by atomic mass is 32.1. The van der Waals surface area contributed by atoms with E-state index in [2.05, 4.69) is 73.0 Å². The van der Waals surface area contributed by atoms with Crippen molar-refractivity contribution in [3.63, 3.8) is 0 Å². The lowest BCUT2D eigenvalue weighted by Crippen LogP contribution is -2.28. The van der Waals surface area contributed by atoms with Crippen LogP contribution in [-0.2, 0) is 0 Å². The maximum Gasteiger partial charge on any atom is 0.168 e. The quantitative estimate of drug-likeness (QED) is 0.853. The molecule has 2 unspecified atom stereocenters. The second kappa shape index (κ2) is 7.13. The third-order valence-corrected chi connectivity index (χ3v) is 4.41. The highest BCUT2D eigenvalue weighted by Crippen LogP contribution is 2.30. The Labute approximate surface area is 130 Å². The minimum atomic E-state index is 0.142. The van der Waals surface area contributed by atoms with Gasteiger partial charge in [-0.2, -0.15) is 0 Å². The summed E-state index contributed by atoms with van der Waals surface area (Å²) in [4.78, 5) is 1.30. The van der Waals surface area contributed by atoms with E-state index in [1.54, 1.807) is 11.3 Å². The molecule has 2 aromatic rings. The lowest BCUT2D eigenvalue weighted by Gasteiger charge is -2.23. The average molecular weight is 307 g/mol. The molecule has 5 nitrogen and oxygen atoms in total. The van der Waals surface area contributed by atoms with Gasteiger partial charge in [-0.3, -0.25) is 0 Å². The first kappa shape index (κ1) is 16.1. The van der Waals surface area contributed by atoms with Crippen molar-refractivity contribution < 1.29 is 0 Å². The van der Waals surface area contributed by atoms with Gasteiger partial charge in [-0.1, -0.05) is 33.8 Å². The zero-order chi connectivity index (χ0) is 15.4. The zero-order valence-corrected chi connectivity index (χ0v) is 14.3. The molecule has 0 radical (unpaired) electrons. The second-order valence-electron chi connectivity index (χ2n) is 6.21. The fourth-order valence-electron chi connectivity index (χ4n) is 2.38. The predicted octanol–water partition coefficient (Wildman–Crippen LogP) is 3.29. The summed E-state index contributed by atoms with van der Waals surface area (Å²) >= 11 is 1.76. The van der Waals surface area contributed by atoms with Gasteiger partial charge in [-0.25, -0.2) is 4.68 Å². The molecule has 2 atom stereocenters. The Bertz CT molecular complexity index is 532. The van der Waals surface area contributed by atoms with Gasteiger partial charge in [0.15, 0.2) is 5.82 Å². The van der Waals surface area contributed by atoms with Crippen molar-refractivity contribution in [2.24, 2.45) is 11.8 Å². The monoisotopic (exact) mass is 307 g/mol. The fraction of sp³-hybridized carbons (Fsp3) is 0.667. The summed E-state index contributed by atoms with van der Waals surface area (Å²) < 4.78 is 1.98. The summed E-state index contributed by atoms with van der Waals surface area (Å²) in [5.74, 6) is 1.95. The molecular weight excluding hydrogens is 282 g/mol. The minimum absolute atomic E-state index is 0.142. The van der Waals surface area contributed by atoms with Crippen LogP contribution in [0.2, 0.25) is 0 Å². The molecular formula is C15H25N5S. The van der Waals surface area contributed by atoms with E-state index < -0.39 is 0 Å². The smallest absolute Gasteiger partial charge is 0.168 e. The zero-order valence-electron chi connectivity index (χ0n) is 13.4. The first-order valence-corrected chi connectivity index (χ1v) is 8.43. The van der Waals surface area contributed by atoms with Crippen LogP contribution < -0.4 is 5.32 Å². The standard InChI is InChI=1S/C15H25N5S/c1-10(2)9-16-12(5)15-17-18-19-20(15)14(11(3)4)13-7-6-8-21-13/h6-8,10-12,14,16H,9H2,1-5H3. The Morgan fingerprint density at radius 1 is 1.24 bits per heavy atom. The third-order valence-electron chi connectivity index (χ3n) is 3.47. The average Bonchev–Trinajstić information content (AvgIpc) is 3.07. The summed E-state index contributed by atoms with van der Waals surface area (Å²) in [6.45, 7) is 11.9. The highest BCUT2D eigenvalue weighted by Gasteiger charge is 2.25. The summed E-state index contributed by atoms with van der Waals surface area (Å²) in [6, 6.07) is 4.58. The summed E-state index contributed by atoms with van der Waals surface area (Å²) in [6.07, 6.45) is 0. The van der Waals surface area contributed by atoms with Crippen LogP contribution >= 0.6 is 11.3 Å². The van der Waals surface area contributed by atoms with Gasteiger partial charge in [-0.05, 0) is 47.2 Å². The Hall–Kier alpha value is -1.27. The maximum absolute atomic E-state index is 4.26. The van der Waals surface area contributed by atoms with E-state index in [-0.39, 0.29) is 12.1 Å². The SMILES string of the molecule is CC(C)CNC(C)c1nnnn1C(c1cccs1)C(C)C. The summed E-state index contributed by atoms with van der Waals surface area (Å²) in [5, 5.41) is 18.0. The van der Waals surface area contributed by atoms with Crippen molar-refractivity contribution in [3.8, 4) is 0 Å². The van der Waals surface area contributed by atoms with E-state index in [0.717, 1.165) is 12.4 Å². The first-order chi connectivity index (χ1) is 10.0. The van der Waals surface area contributed by atoms with Crippen LogP contribution in [0.3, 0.4) is 0 Å². The maximum atomic E-state index is 4.26. The van der Waals surface area contributed by atoms with Crippen molar-refractivity contribution >= 4 is 11.3 Å². The molecule has 2 rings (SSSR count). The van der Waals surface area contributed by atoms with Crippen molar-refractivity contribution in [1.82, 2.24) is 25.5 Å². The molecule has 0 aliphatic heterocycles. The van der Waals surface area contributed by atoms with Crippen molar-refractivity contribution in [1.29, 1.82) is 0 Å². The molecule has 2 heterocycles. The number of thiophene rings is 1. The van der Waals surface area contributed by atoms with Gasteiger partial charge in [0, 0.05) is 4.88 Å².